The van der Waals surface area contributed by atoms with Crippen molar-refractivity contribution in [1.29, 1.82) is 0 Å². The van der Waals surface area contributed by atoms with Gasteiger partial charge in [-0.2, -0.15) is 0 Å². The van der Waals surface area contributed by atoms with E-state index in [9.17, 15) is 10.1 Å². The first-order chi connectivity index (χ1) is 9.60. The summed E-state index contributed by atoms with van der Waals surface area (Å²) in [6, 6.07) is 5.07. The number of rotatable bonds is 5. The van der Waals surface area contributed by atoms with Gasteiger partial charge < -0.3 is 5.32 Å². The van der Waals surface area contributed by atoms with Crippen molar-refractivity contribution in [2.45, 2.75) is 19.4 Å². The van der Waals surface area contributed by atoms with Gasteiger partial charge in [0, 0.05) is 12.6 Å². The molecule has 1 fully saturated rings. The first kappa shape index (κ1) is 18.2. The van der Waals surface area contributed by atoms with Crippen LogP contribution in [0.1, 0.15) is 18.4 Å². The van der Waals surface area contributed by atoms with Gasteiger partial charge in [-0.05, 0) is 57.1 Å². The molecule has 0 unspecified atom stereocenters. The van der Waals surface area contributed by atoms with Crippen molar-refractivity contribution in [3.63, 3.8) is 0 Å². The van der Waals surface area contributed by atoms with Gasteiger partial charge in [-0.15, -0.1) is 12.4 Å². The molecule has 1 aliphatic heterocycles. The molecule has 0 spiro atoms. The molecule has 5 nitrogen and oxygen atoms in total. The van der Waals surface area contributed by atoms with Crippen molar-refractivity contribution in [2.75, 3.05) is 26.7 Å². The van der Waals surface area contributed by atoms with Crippen LogP contribution < -0.4 is 5.32 Å². The molecule has 0 saturated carbocycles. The van der Waals surface area contributed by atoms with Gasteiger partial charge in [0.25, 0.3) is 5.69 Å². The Morgan fingerprint density at radius 2 is 2.10 bits per heavy atom. The average Bonchev–Trinajstić information content (AvgIpc) is 2.43. The standard InChI is InChI=1S/C14H20ClN3O2.ClH/c1-16-9-11-4-6-17(7-5-11)10-12-2-3-13(15)14(8-12)18(19)20;/h2-3,8,11,16H,4-7,9-10H2,1H3;1H. The number of hydrogen-bond acceptors (Lipinski definition) is 4. The minimum atomic E-state index is -0.426. The zero-order valence-corrected chi connectivity index (χ0v) is 13.6. The third-order valence-electron chi connectivity index (χ3n) is 3.81. The molecule has 0 bridgehead atoms. The summed E-state index contributed by atoms with van der Waals surface area (Å²) in [6.07, 6.45) is 2.35. The molecule has 1 heterocycles. The number of nitro benzene ring substituents is 1. The van der Waals surface area contributed by atoms with Crippen molar-refractivity contribution in [3.05, 3.63) is 38.9 Å². The van der Waals surface area contributed by atoms with Crippen LogP contribution in [-0.2, 0) is 6.54 Å². The summed E-state index contributed by atoms with van der Waals surface area (Å²) in [5, 5.41) is 14.3. The van der Waals surface area contributed by atoms with E-state index >= 15 is 0 Å². The molecule has 1 aromatic carbocycles. The second-order valence-corrected chi connectivity index (χ2v) is 5.73. The van der Waals surface area contributed by atoms with Crippen LogP contribution in [0.15, 0.2) is 18.2 Å². The molecule has 118 valence electrons. The van der Waals surface area contributed by atoms with Crippen molar-refractivity contribution < 1.29 is 4.92 Å². The maximum atomic E-state index is 10.9. The molecule has 0 amide bonds. The minimum absolute atomic E-state index is 0. The Morgan fingerprint density at radius 1 is 1.43 bits per heavy atom. The Morgan fingerprint density at radius 3 is 2.67 bits per heavy atom. The lowest BCUT2D eigenvalue weighted by atomic mass is 9.96. The predicted molar refractivity (Wildman–Crippen MR) is 87.3 cm³/mol. The molecular formula is C14H21Cl2N3O2. The molecule has 0 aliphatic carbocycles. The van der Waals surface area contributed by atoms with Gasteiger partial charge in [0.1, 0.15) is 5.02 Å². The molecule has 1 aliphatic rings. The van der Waals surface area contributed by atoms with E-state index in [-0.39, 0.29) is 23.1 Å². The Kier molecular flexibility index (Phi) is 7.39. The van der Waals surface area contributed by atoms with Gasteiger partial charge in [-0.3, -0.25) is 15.0 Å². The minimum Gasteiger partial charge on any atom is -0.319 e. The second-order valence-electron chi connectivity index (χ2n) is 5.32. The quantitative estimate of drug-likeness (QED) is 0.664. The van der Waals surface area contributed by atoms with E-state index < -0.39 is 4.92 Å². The van der Waals surface area contributed by atoms with E-state index in [1.165, 1.54) is 12.8 Å². The van der Waals surface area contributed by atoms with E-state index in [2.05, 4.69) is 10.2 Å². The Hall–Kier alpha value is -0.880. The first-order valence-corrected chi connectivity index (χ1v) is 7.27. The maximum absolute atomic E-state index is 10.9. The van der Waals surface area contributed by atoms with Crippen LogP contribution in [0.2, 0.25) is 5.02 Å². The Bertz CT molecular complexity index is 477. The molecule has 7 heteroatoms. The number of nitro groups is 1. The summed E-state index contributed by atoms with van der Waals surface area (Å²) in [7, 11) is 1.99. The van der Waals surface area contributed by atoms with E-state index in [0.717, 1.165) is 37.7 Å². The summed E-state index contributed by atoms with van der Waals surface area (Å²) in [4.78, 5) is 12.8. The largest absolute Gasteiger partial charge is 0.319 e. The number of nitrogens with zero attached hydrogens (tertiary/aromatic N) is 2. The van der Waals surface area contributed by atoms with Crippen molar-refractivity contribution in [2.24, 2.45) is 5.92 Å². The normalized spacial score (nSPS) is 16.5. The highest BCUT2D eigenvalue weighted by Crippen LogP contribution is 2.26. The molecular weight excluding hydrogens is 313 g/mol. The predicted octanol–water partition coefficient (Wildman–Crippen LogP) is 3.10. The number of benzene rings is 1. The topological polar surface area (TPSA) is 58.4 Å². The number of likely N-dealkylation sites (tertiary alicyclic amines) is 1. The smallest absolute Gasteiger partial charge is 0.288 e. The number of nitrogens with one attached hydrogen (secondary N) is 1. The fraction of sp³-hybridized carbons (Fsp3) is 0.571. The summed E-state index contributed by atoms with van der Waals surface area (Å²) in [5.74, 6) is 0.746. The molecule has 2 rings (SSSR count). The van der Waals surface area contributed by atoms with Crippen molar-refractivity contribution in [3.8, 4) is 0 Å². The third kappa shape index (κ3) is 5.11. The molecule has 0 atom stereocenters. The molecule has 0 aromatic heterocycles. The van der Waals surface area contributed by atoms with Gasteiger partial charge >= 0.3 is 0 Å². The molecule has 1 N–H and O–H groups in total. The SMILES string of the molecule is CNCC1CCN(Cc2ccc(Cl)c([N+](=O)[O-])c2)CC1.Cl. The molecule has 1 saturated heterocycles. The summed E-state index contributed by atoms with van der Waals surface area (Å²) >= 11 is 5.83. The average molecular weight is 334 g/mol. The van der Waals surface area contributed by atoms with Gasteiger partial charge in [0.15, 0.2) is 0 Å². The fourth-order valence-electron chi connectivity index (χ4n) is 2.69. The second kappa shape index (κ2) is 8.54. The lowest BCUT2D eigenvalue weighted by Gasteiger charge is -2.31. The van der Waals surface area contributed by atoms with E-state index in [1.54, 1.807) is 12.1 Å². The van der Waals surface area contributed by atoms with Crippen LogP contribution in [-0.4, -0.2) is 36.5 Å². The third-order valence-corrected chi connectivity index (χ3v) is 4.13. The van der Waals surface area contributed by atoms with Gasteiger partial charge in [-0.25, -0.2) is 0 Å². The highest BCUT2D eigenvalue weighted by atomic mass is 35.5. The number of piperidine rings is 1. The van der Waals surface area contributed by atoms with Crippen molar-refractivity contribution in [1.82, 2.24) is 10.2 Å². The summed E-state index contributed by atoms with van der Waals surface area (Å²) < 4.78 is 0. The summed E-state index contributed by atoms with van der Waals surface area (Å²) in [5.41, 5.74) is 0.947. The zero-order chi connectivity index (χ0) is 14.5. The zero-order valence-electron chi connectivity index (χ0n) is 12.0. The highest BCUT2D eigenvalue weighted by molar-refractivity contribution is 6.32. The summed E-state index contributed by atoms with van der Waals surface area (Å²) in [6.45, 7) is 3.91. The number of halogens is 2. The van der Waals surface area contributed by atoms with Crippen LogP contribution in [0.3, 0.4) is 0 Å². The monoisotopic (exact) mass is 333 g/mol. The van der Waals surface area contributed by atoms with Crippen LogP contribution in [0.5, 0.6) is 0 Å². The first-order valence-electron chi connectivity index (χ1n) is 6.90. The molecule has 21 heavy (non-hydrogen) atoms. The Labute approximate surface area is 136 Å². The van der Waals surface area contributed by atoms with E-state index in [0.29, 0.717) is 0 Å². The van der Waals surface area contributed by atoms with Crippen LogP contribution in [0.4, 0.5) is 5.69 Å². The maximum Gasteiger partial charge on any atom is 0.288 e. The van der Waals surface area contributed by atoms with Gasteiger partial charge in [-0.1, -0.05) is 17.7 Å². The van der Waals surface area contributed by atoms with Crippen LogP contribution in [0.25, 0.3) is 0 Å². The van der Waals surface area contributed by atoms with E-state index in [4.69, 9.17) is 11.6 Å². The lowest BCUT2D eigenvalue weighted by molar-refractivity contribution is -0.384. The van der Waals surface area contributed by atoms with Crippen molar-refractivity contribution >= 4 is 29.7 Å². The van der Waals surface area contributed by atoms with Gasteiger partial charge in [0.2, 0.25) is 0 Å². The molecule has 1 aromatic rings. The lowest BCUT2D eigenvalue weighted by Crippen LogP contribution is -2.36. The fourth-order valence-corrected chi connectivity index (χ4v) is 2.88. The molecule has 0 radical (unpaired) electrons. The van der Waals surface area contributed by atoms with Crippen LogP contribution >= 0.6 is 24.0 Å². The number of hydrogen-bond donors (Lipinski definition) is 1. The Balaban J connectivity index is 0.00000220. The van der Waals surface area contributed by atoms with Crippen LogP contribution in [0, 0.1) is 16.0 Å². The highest BCUT2D eigenvalue weighted by Gasteiger charge is 2.20. The van der Waals surface area contributed by atoms with Gasteiger partial charge in [0.05, 0.1) is 4.92 Å². The van der Waals surface area contributed by atoms with E-state index in [1.807, 2.05) is 13.1 Å².